The quantitative estimate of drug-likeness (QED) is 0.798. The summed E-state index contributed by atoms with van der Waals surface area (Å²) in [5.41, 5.74) is 7.58. The van der Waals surface area contributed by atoms with Crippen molar-refractivity contribution in [1.82, 2.24) is 5.32 Å². The number of hydrogen-bond donors (Lipinski definition) is 2. The molecule has 1 aliphatic rings. The molecule has 1 aromatic carbocycles. The van der Waals surface area contributed by atoms with Crippen molar-refractivity contribution < 1.29 is 14.3 Å². The standard InChI is InChI=1S/C12H16N2O3S/c1-14-12(15)7-18-6-8-4-10-11(5-9(8)13)17-3-2-16-10/h4-5H,2-3,6-7,13H2,1H3,(H,14,15). The highest BCUT2D eigenvalue weighted by Gasteiger charge is 2.14. The molecule has 0 radical (unpaired) electrons. The van der Waals surface area contributed by atoms with E-state index in [-0.39, 0.29) is 5.91 Å². The number of fused-ring (bicyclic) bond motifs is 1. The van der Waals surface area contributed by atoms with Gasteiger partial charge in [-0.05, 0) is 11.6 Å². The summed E-state index contributed by atoms with van der Waals surface area (Å²) >= 11 is 1.52. The zero-order valence-electron chi connectivity index (χ0n) is 10.2. The third-order valence-corrected chi connectivity index (χ3v) is 3.56. The van der Waals surface area contributed by atoms with Crippen LogP contribution < -0.4 is 20.5 Å². The zero-order valence-corrected chi connectivity index (χ0v) is 11.0. The summed E-state index contributed by atoms with van der Waals surface area (Å²) in [7, 11) is 1.63. The minimum absolute atomic E-state index is 0.0103. The first-order valence-electron chi connectivity index (χ1n) is 5.67. The average molecular weight is 268 g/mol. The minimum Gasteiger partial charge on any atom is -0.486 e. The molecule has 0 atom stereocenters. The molecule has 5 nitrogen and oxygen atoms in total. The Bertz CT molecular complexity index is 451. The summed E-state index contributed by atoms with van der Waals surface area (Å²) in [6.07, 6.45) is 0. The molecule has 0 unspecified atom stereocenters. The Morgan fingerprint density at radius 3 is 2.72 bits per heavy atom. The van der Waals surface area contributed by atoms with Gasteiger partial charge < -0.3 is 20.5 Å². The van der Waals surface area contributed by atoms with E-state index in [1.165, 1.54) is 11.8 Å². The van der Waals surface area contributed by atoms with E-state index >= 15 is 0 Å². The van der Waals surface area contributed by atoms with Gasteiger partial charge in [0.05, 0.1) is 5.75 Å². The van der Waals surface area contributed by atoms with Crippen molar-refractivity contribution in [2.45, 2.75) is 5.75 Å². The summed E-state index contributed by atoms with van der Waals surface area (Å²) < 4.78 is 10.9. The number of carbonyl (C=O) groups is 1. The Labute approximate surface area is 110 Å². The Hall–Kier alpha value is -1.56. The number of rotatable bonds is 4. The maximum atomic E-state index is 11.1. The first-order chi connectivity index (χ1) is 8.70. The molecule has 2 rings (SSSR count). The molecule has 1 amide bonds. The number of nitrogens with two attached hydrogens (primary N) is 1. The number of ether oxygens (including phenoxy) is 2. The van der Waals surface area contributed by atoms with Crippen LogP contribution in [-0.2, 0) is 10.5 Å². The molecule has 1 aliphatic heterocycles. The van der Waals surface area contributed by atoms with Gasteiger partial charge in [-0.15, -0.1) is 11.8 Å². The fourth-order valence-electron chi connectivity index (χ4n) is 1.60. The van der Waals surface area contributed by atoms with Crippen molar-refractivity contribution >= 4 is 23.4 Å². The van der Waals surface area contributed by atoms with Gasteiger partial charge in [-0.3, -0.25) is 4.79 Å². The van der Waals surface area contributed by atoms with Gasteiger partial charge in [0.1, 0.15) is 13.2 Å². The molecule has 0 saturated heterocycles. The van der Waals surface area contributed by atoms with E-state index in [2.05, 4.69) is 5.32 Å². The van der Waals surface area contributed by atoms with E-state index in [1.54, 1.807) is 13.1 Å². The van der Waals surface area contributed by atoms with Gasteiger partial charge in [0.25, 0.3) is 0 Å². The maximum absolute atomic E-state index is 11.1. The van der Waals surface area contributed by atoms with Crippen LogP contribution in [0.5, 0.6) is 11.5 Å². The Balaban J connectivity index is 2.02. The van der Waals surface area contributed by atoms with Crippen molar-refractivity contribution in [3.05, 3.63) is 17.7 Å². The summed E-state index contributed by atoms with van der Waals surface area (Å²) in [6, 6.07) is 3.67. The Morgan fingerprint density at radius 1 is 1.39 bits per heavy atom. The van der Waals surface area contributed by atoms with E-state index in [9.17, 15) is 4.79 Å². The van der Waals surface area contributed by atoms with E-state index in [0.29, 0.717) is 36.2 Å². The van der Waals surface area contributed by atoms with Crippen LogP contribution in [0.25, 0.3) is 0 Å². The summed E-state index contributed by atoms with van der Waals surface area (Å²) in [5.74, 6) is 2.53. The zero-order chi connectivity index (χ0) is 13.0. The van der Waals surface area contributed by atoms with Gasteiger partial charge in [0.15, 0.2) is 11.5 Å². The van der Waals surface area contributed by atoms with Crippen LogP contribution in [-0.4, -0.2) is 31.9 Å². The Morgan fingerprint density at radius 2 is 2.06 bits per heavy atom. The molecule has 0 bridgehead atoms. The lowest BCUT2D eigenvalue weighted by Gasteiger charge is -2.20. The number of carbonyl (C=O) groups excluding carboxylic acids is 1. The molecule has 18 heavy (non-hydrogen) atoms. The van der Waals surface area contributed by atoms with Gasteiger partial charge in [0.2, 0.25) is 5.91 Å². The van der Waals surface area contributed by atoms with E-state index in [0.717, 1.165) is 11.3 Å². The van der Waals surface area contributed by atoms with E-state index in [1.807, 2.05) is 6.07 Å². The fraction of sp³-hybridized carbons (Fsp3) is 0.417. The van der Waals surface area contributed by atoms with Crippen LogP contribution in [0.3, 0.4) is 0 Å². The minimum atomic E-state index is 0.0103. The summed E-state index contributed by atoms with van der Waals surface area (Å²) in [4.78, 5) is 11.1. The highest BCUT2D eigenvalue weighted by atomic mass is 32.2. The molecular weight excluding hydrogens is 252 g/mol. The number of nitrogens with one attached hydrogen (secondary N) is 1. The van der Waals surface area contributed by atoms with Crippen molar-refractivity contribution in [2.75, 3.05) is 31.7 Å². The lowest BCUT2D eigenvalue weighted by molar-refractivity contribution is -0.118. The number of hydrogen-bond acceptors (Lipinski definition) is 5. The molecule has 0 aromatic heterocycles. The Kier molecular flexibility index (Phi) is 4.19. The largest absolute Gasteiger partial charge is 0.486 e. The molecule has 3 N–H and O–H groups in total. The van der Waals surface area contributed by atoms with Gasteiger partial charge in [-0.2, -0.15) is 0 Å². The van der Waals surface area contributed by atoms with Gasteiger partial charge >= 0.3 is 0 Å². The lowest BCUT2D eigenvalue weighted by Crippen LogP contribution is -2.20. The third kappa shape index (κ3) is 3.01. The van der Waals surface area contributed by atoms with Crippen molar-refractivity contribution in [1.29, 1.82) is 0 Å². The first-order valence-corrected chi connectivity index (χ1v) is 6.82. The molecule has 1 aromatic rings. The highest BCUT2D eigenvalue weighted by molar-refractivity contribution is 7.99. The normalized spacial score (nSPS) is 13.2. The second-order valence-corrected chi connectivity index (χ2v) is 4.85. The number of benzene rings is 1. The average Bonchev–Trinajstić information content (AvgIpc) is 2.39. The first kappa shape index (κ1) is 12.9. The summed E-state index contributed by atoms with van der Waals surface area (Å²) in [6.45, 7) is 1.11. The highest BCUT2D eigenvalue weighted by Crippen LogP contribution is 2.35. The molecule has 0 fully saturated rings. The van der Waals surface area contributed by atoms with Crippen LogP contribution in [0, 0.1) is 0 Å². The number of thioether (sulfide) groups is 1. The second-order valence-electron chi connectivity index (χ2n) is 3.86. The second kappa shape index (κ2) is 5.86. The molecular formula is C12H16N2O3S. The third-order valence-electron chi connectivity index (χ3n) is 2.57. The fourth-order valence-corrected chi connectivity index (χ4v) is 2.50. The summed E-state index contributed by atoms with van der Waals surface area (Å²) in [5, 5.41) is 2.58. The number of nitrogen functional groups attached to an aromatic ring is 1. The smallest absolute Gasteiger partial charge is 0.229 e. The van der Waals surface area contributed by atoms with Crippen molar-refractivity contribution in [3.63, 3.8) is 0 Å². The van der Waals surface area contributed by atoms with E-state index < -0.39 is 0 Å². The van der Waals surface area contributed by atoms with Crippen LogP contribution >= 0.6 is 11.8 Å². The monoisotopic (exact) mass is 268 g/mol. The van der Waals surface area contributed by atoms with Gasteiger partial charge in [-0.1, -0.05) is 0 Å². The topological polar surface area (TPSA) is 73.6 Å². The van der Waals surface area contributed by atoms with E-state index in [4.69, 9.17) is 15.2 Å². The lowest BCUT2D eigenvalue weighted by atomic mass is 10.2. The number of amides is 1. The number of anilines is 1. The SMILES string of the molecule is CNC(=O)CSCc1cc2c(cc1N)OCCO2. The molecule has 1 heterocycles. The van der Waals surface area contributed by atoms with Crippen LogP contribution in [0.15, 0.2) is 12.1 Å². The van der Waals surface area contributed by atoms with Crippen LogP contribution in [0.2, 0.25) is 0 Å². The van der Waals surface area contributed by atoms with Crippen molar-refractivity contribution in [2.24, 2.45) is 0 Å². The predicted molar refractivity (Wildman–Crippen MR) is 72.1 cm³/mol. The van der Waals surface area contributed by atoms with Crippen LogP contribution in [0.1, 0.15) is 5.56 Å². The maximum Gasteiger partial charge on any atom is 0.229 e. The molecule has 0 saturated carbocycles. The molecule has 0 aliphatic carbocycles. The van der Waals surface area contributed by atoms with Crippen LogP contribution in [0.4, 0.5) is 5.69 Å². The van der Waals surface area contributed by atoms with Gasteiger partial charge in [0, 0.05) is 24.6 Å². The molecule has 0 spiro atoms. The molecule has 6 heteroatoms. The van der Waals surface area contributed by atoms with Crippen molar-refractivity contribution in [3.8, 4) is 11.5 Å². The molecule has 98 valence electrons. The predicted octanol–water partition coefficient (Wildman–Crippen LogP) is 1.02. The van der Waals surface area contributed by atoms with Gasteiger partial charge in [-0.25, -0.2) is 0 Å².